The van der Waals surface area contributed by atoms with Gasteiger partial charge in [-0.25, -0.2) is 4.98 Å². The van der Waals surface area contributed by atoms with Gasteiger partial charge in [0, 0.05) is 11.8 Å². The number of nitrogens with zero attached hydrogens (tertiary/aromatic N) is 2. The Bertz CT molecular complexity index is 379. The van der Waals surface area contributed by atoms with E-state index >= 15 is 0 Å². The highest BCUT2D eigenvalue weighted by Gasteiger charge is 2.21. The summed E-state index contributed by atoms with van der Waals surface area (Å²) in [6.45, 7) is 0. The molecule has 0 amide bonds. The van der Waals surface area contributed by atoms with E-state index in [1.165, 1.54) is 6.07 Å². The molecule has 1 aliphatic carbocycles. The van der Waals surface area contributed by atoms with E-state index in [9.17, 15) is 10.1 Å². The third-order valence-corrected chi connectivity index (χ3v) is 2.46. The molecule has 0 saturated heterocycles. The van der Waals surface area contributed by atoms with Crippen LogP contribution < -0.4 is 0 Å². The normalized spacial score (nSPS) is 14.2. The van der Waals surface area contributed by atoms with E-state index in [-0.39, 0.29) is 10.8 Å². The molecule has 0 bridgehead atoms. The molecule has 0 spiro atoms. The molecule has 0 atom stereocenters. The van der Waals surface area contributed by atoms with Crippen LogP contribution in [0.4, 0.5) is 5.69 Å². The highest BCUT2D eigenvalue weighted by atomic mass is 35.5. The highest BCUT2D eigenvalue weighted by molar-refractivity contribution is 6.31. The molecule has 68 valence electrons. The first kappa shape index (κ1) is 8.44. The molecule has 1 heterocycles. The fourth-order valence-electron chi connectivity index (χ4n) is 1.56. The van der Waals surface area contributed by atoms with Gasteiger partial charge in [-0.15, -0.1) is 0 Å². The summed E-state index contributed by atoms with van der Waals surface area (Å²) < 4.78 is 0. The second-order valence-corrected chi connectivity index (χ2v) is 3.37. The molecule has 4 nitrogen and oxygen atoms in total. The van der Waals surface area contributed by atoms with E-state index < -0.39 is 4.92 Å². The minimum Gasteiger partial charge on any atom is -0.258 e. The van der Waals surface area contributed by atoms with Crippen LogP contribution in [0.15, 0.2) is 6.07 Å². The van der Waals surface area contributed by atoms with Crippen molar-refractivity contribution in [3.63, 3.8) is 0 Å². The van der Waals surface area contributed by atoms with E-state index in [1.54, 1.807) is 0 Å². The van der Waals surface area contributed by atoms with Crippen LogP contribution in [0.25, 0.3) is 0 Å². The summed E-state index contributed by atoms with van der Waals surface area (Å²) in [5.41, 5.74) is 1.80. The van der Waals surface area contributed by atoms with Crippen LogP contribution in [-0.2, 0) is 12.8 Å². The lowest BCUT2D eigenvalue weighted by molar-refractivity contribution is -0.385. The first-order chi connectivity index (χ1) is 6.18. The molecule has 13 heavy (non-hydrogen) atoms. The molecule has 0 N–H and O–H groups in total. The molecular weight excluding hydrogens is 192 g/mol. The van der Waals surface area contributed by atoms with Crippen LogP contribution >= 0.6 is 11.6 Å². The molecule has 1 aromatic rings. The van der Waals surface area contributed by atoms with Gasteiger partial charge in [0.25, 0.3) is 0 Å². The zero-order valence-electron chi connectivity index (χ0n) is 6.79. The molecule has 1 aliphatic rings. The number of nitro groups is 1. The van der Waals surface area contributed by atoms with E-state index in [2.05, 4.69) is 4.98 Å². The Morgan fingerprint density at radius 1 is 1.54 bits per heavy atom. The smallest absolute Gasteiger partial charge is 0.258 e. The van der Waals surface area contributed by atoms with Crippen molar-refractivity contribution in [3.05, 3.63) is 32.6 Å². The lowest BCUT2D eigenvalue weighted by Gasteiger charge is -1.99. The van der Waals surface area contributed by atoms with Crippen molar-refractivity contribution in [3.8, 4) is 0 Å². The highest BCUT2D eigenvalue weighted by Crippen LogP contribution is 2.29. The minimum absolute atomic E-state index is 0.00523. The minimum atomic E-state index is -0.492. The van der Waals surface area contributed by atoms with Gasteiger partial charge < -0.3 is 0 Å². The molecule has 2 rings (SSSR count). The monoisotopic (exact) mass is 198 g/mol. The van der Waals surface area contributed by atoms with Gasteiger partial charge in [0.1, 0.15) is 0 Å². The lowest BCUT2D eigenvalue weighted by Crippen LogP contribution is -1.95. The number of rotatable bonds is 1. The molecule has 0 aromatic carbocycles. The third kappa shape index (κ3) is 1.37. The van der Waals surface area contributed by atoms with E-state index in [4.69, 9.17) is 11.6 Å². The summed E-state index contributed by atoms with van der Waals surface area (Å²) in [6.07, 6.45) is 2.77. The predicted molar refractivity (Wildman–Crippen MR) is 47.9 cm³/mol. The number of aryl methyl sites for hydroxylation is 2. The quantitative estimate of drug-likeness (QED) is 0.395. The van der Waals surface area contributed by atoms with Gasteiger partial charge >= 0.3 is 5.69 Å². The topological polar surface area (TPSA) is 56.0 Å². The van der Waals surface area contributed by atoms with Crippen LogP contribution in [0.5, 0.6) is 0 Å². The molecule has 0 fully saturated rings. The average molecular weight is 199 g/mol. The second-order valence-electron chi connectivity index (χ2n) is 3.01. The summed E-state index contributed by atoms with van der Waals surface area (Å²) in [5, 5.41) is 10.5. The number of aromatic nitrogens is 1. The standard InChI is InChI=1S/C8H7ClN2O2/c9-8-7(11(12)13)4-5-2-1-3-6(5)10-8/h4H,1-3H2. The molecule has 0 unspecified atom stereocenters. The van der Waals surface area contributed by atoms with Crippen LogP contribution in [0, 0.1) is 10.1 Å². The first-order valence-electron chi connectivity index (χ1n) is 4.01. The van der Waals surface area contributed by atoms with E-state index in [0.717, 1.165) is 30.5 Å². The Morgan fingerprint density at radius 2 is 2.31 bits per heavy atom. The van der Waals surface area contributed by atoms with Crippen molar-refractivity contribution in [2.75, 3.05) is 0 Å². The van der Waals surface area contributed by atoms with Gasteiger partial charge in [-0.3, -0.25) is 10.1 Å². The lowest BCUT2D eigenvalue weighted by atomic mass is 10.2. The first-order valence-corrected chi connectivity index (χ1v) is 4.39. The zero-order valence-corrected chi connectivity index (χ0v) is 7.54. The Morgan fingerprint density at radius 3 is 3.00 bits per heavy atom. The average Bonchev–Trinajstić information content (AvgIpc) is 2.48. The third-order valence-electron chi connectivity index (χ3n) is 2.18. The van der Waals surface area contributed by atoms with E-state index in [0.29, 0.717) is 0 Å². The van der Waals surface area contributed by atoms with E-state index in [1.807, 2.05) is 0 Å². The number of pyridine rings is 1. The summed E-state index contributed by atoms with van der Waals surface area (Å²) in [7, 11) is 0. The van der Waals surface area contributed by atoms with Crippen LogP contribution in [0.2, 0.25) is 5.15 Å². The van der Waals surface area contributed by atoms with Crippen molar-refractivity contribution >= 4 is 17.3 Å². The Kier molecular flexibility index (Phi) is 1.92. The summed E-state index contributed by atoms with van der Waals surface area (Å²) >= 11 is 5.65. The van der Waals surface area contributed by atoms with Crippen molar-refractivity contribution in [1.29, 1.82) is 0 Å². The number of halogens is 1. The molecule has 5 heteroatoms. The van der Waals surface area contributed by atoms with Gasteiger partial charge in [0.15, 0.2) is 0 Å². The zero-order chi connectivity index (χ0) is 9.42. The van der Waals surface area contributed by atoms with Crippen LogP contribution in [-0.4, -0.2) is 9.91 Å². The summed E-state index contributed by atoms with van der Waals surface area (Å²) in [5.74, 6) is 0. The van der Waals surface area contributed by atoms with Crippen molar-refractivity contribution in [2.24, 2.45) is 0 Å². The SMILES string of the molecule is O=[N+]([O-])c1cc2c(nc1Cl)CCC2. The van der Waals surface area contributed by atoms with Gasteiger partial charge in [-0.05, 0) is 24.8 Å². The summed E-state index contributed by atoms with van der Waals surface area (Å²) in [6, 6.07) is 1.54. The van der Waals surface area contributed by atoms with Gasteiger partial charge in [0.05, 0.1) is 4.92 Å². The summed E-state index contributed by atoms with van der Waals surface area (Å²) in [4.78, 5) is 14.0. The molecule has 0 saturated carbocycles. The number of fused-ring (bicyclic) bond motifs is 1. The molecule has 0 aliphatic heterocycles. The maximum atomic E-state index is 10.5. The van der Waals surface area contributed by atoms with Crippen molar-refractivity contribution in [1.82, 2.24) is 4.98 Å². The predicted octanol–water partition coefficient (Wildman–Crippen LogP) is 2.13. The van der Waals surface area contributed by atoms with Crippen molar-refractivity contribution < 1.29 is 4.92 Å². The fraction of sp³-hybridized carbons (Fsp3) is 0.375. The van der Waals surface area contributed by atoms with Crippen molar-refractivity contribution in [2.45, 2.75) is 19.3 Å². The van der Waals surface area contributed by atoms with Gasteiger partial charge in [-0.2, -0.15) is 0 Å². The molecular formula is C8H7ClN2O2. The fourth-order valence-corrected chi connectivity index (χ4v) is 1.79. The Labute approximate surface area is 79.7 Å². The molecule has 1 aromatic heterocycles. The maximum Gasteiger partial charge on any atom is 0.306 e. The largest absolute Gasteiger partial charge is 0.306 e. The van der Waals surface area contributed by atoms with Gasteiger partial charge in [0.2, 0.25) is 5.15 Å². The van der Waals surface area contributed by atoms with Crippen LogP contribution in [0.3, 0.4) is 0 Å². The maximum absolute atomic E-state index is 10.5. The van der Waals surface area contributed by atoms with Gasteiger partial charge in [-0.1, -0.05) is 11.6 Å². The second kappa shape index (κ2) is 2.96. The Balaban J connectivity index is 2.55. The molecule has 0 radical (unpaired) electrons. The van der Waals surface area contributed by atoms with Crippen LogP contribution in [0.1, 0.15) is 17.7 Å². The Hall–Kier alpha value is -1.16. The number of hydrogen-bond donors (Lipinski definition) is 0. The number of hydrogen-bond acceptors (Lipinski definition) is 3.